The average Bonchev–Trinajstić information content (AvgIpc) is 2.40. The van der Waals surface area contributed by atoms with Gasteiger partial charge in [-0.3, -0.25) is 0 Å². The zero-order valence-corrected chi connectivity index (χ0v) is 11.3. The Kier molecular flexibility index (Phi) is 8.45. The van der Waals surface area contributed by atoms with Gasteiger partial charge in [-0.05, 0) is 22.6 Å². The van der Waals surface area contributed by atoms with Gasteiger partial charge in [-0.15, -0.1) is 0 Å². The fourth-order valence-corrected chi connectivity index (χ4v) is 1.52. The first kappa shape index (κ1) is 19.1. The maximum atomic E-state index is 13.0. The molecule has 0 rings (SSSR count). The van der Waals surface area contributed by atoms with Gasteiger partial charge < -0.3 is 0 Å². The first-order valence-corrected chi connectivity index (χ1v) is 6.22. The molecular weight excluding hydrogens is 406 g/mol. The van der Waals surface area contributed by atoms with E-state index in [-0.39, 0.29) is 0 Å². The highest BCUT2D eigenvalue weighted by atomic mass is 127. The molecule has 0 fully saturated rings. The van der Waals surface area contributed by atoms with Crippen LogP contribution in [0, 0.1) is 0 Å². The SMILES string of the molecule is FCC(F)C(F)C(F)C(F)C(F)C(F)C(F)C(F)I. The van der Waals surface area contributed by atoms with Crippen molar-refractivity contribution in [2.45, 2.75) is 47.4 Å². The van der Waals surface area contributed by atoms with Crippen molar-refractivity contribution in [3.05, 3.63) is 0 Å². The second-order valence-corrected chi connectivity index (χ2v) is 4.86. The molecule has 8 atom stereocenters. The predicted molar refractivity (Wildman–Crippen MR) is 59.2 cm³/mol. The summed E-state index contributed by atoms with van der Waals surface area (Å²) in [4.78, 5) is 0. The molecule has 0 aliphatic heterocycles. The minimum absolute atomic E-state index is 0.740. The molecule has 0 amide bonds. The average molecular weight is 416 g/mol. The maximum Gasteiger partial charge on any atom is 0.185 e. The lowest BCUT2D eigenvalue weighted by Crippen LogP contribution is -2.46. The van der Waals surface area contributed by atoms with Crippen LogP contribution in [0.15, 0.2) is 0 Å². The van der Waals surface area contributed by atoms with E-state index < -0.39 is 54.1 Å². The molecule has 8 unspecified atom stereocenters. The topological polar surface area (TPSA) is 0 Å². The van der Waals surface area contributed by atoms with Crippen LogP contribution in [0.2, 0.25) is 0 Å². The van der Waals surface area contributed by atoms with Crippen LogP contribution in [0.1, 0.15) is 0 Å². The molecule has 0 aromatic carbocycles. The molecule has 116 valence electrons. The van der Waals surface area contributed by atoms with E-state index in [4.69, 9.17) is 0 Å². The van der Waals surface area contributed by atoms with Gasteiger partial charge in [0.05, 0.1) is 0 Å². The molecule has 19 heavy (non-hydrogen) atoms. The van der Waals surface area contributed by atoms with Crippen molar-refractivity contribution in [3.8, 4) is 0 Å². The Labute approximate surface area is 116 Å². The van der Waals surface area contributed by atoms with Crippen molar-refractivity contribution in [2.75, 3.05) is 6.67 Å². The molecule has 0 aliphatic carbocycles. The third-order valence-corrected chi connectivity index (χ3v) is 2.94. The van der Waals surface area contributed by atoms with Crippen molar-refractivity contribution >= 4 is 22.6 Å². The Hall–Kier alpha value is 0.1000. The van der Waals surface area contributed by atoms with Crippen LogP contribution in [0.5, 0.6) is 0 Å². The van der Waals surface area contributed by atoms with E-state index in [1.54, 1.807) is 0 Å². The fraction of sp³-hybridized carbons (Fsp3) is 1.00. The summed E-state index contributed by atoms with van der Waals surface area (Å²) in [5, 5.41) is 0. The summed E-state index contributed by atoms with van der Waals surface area (Å²) in [6.07, 6.45) is -23.6. The van der Waals surface area contributed by atoms with Gasteiger partial charge in [0.1, 0.15) is 6.67 Å². The summed E-state index contributed by atoms with van der Waals surface area (Å²) in [6.45, 7) is -1.99. The Morgan fingerprint density at radius 3 is 1.21 bits per heavy atom. The Balaban J connectivity index is 4.67. The molecule has 0 nitrogen and oxygen atoms in total. The molecule has 0 radical (unpaired) electrons. The van der Waals surface area contributed by atoms with Crippen LogP contribution in [0.3, 0.4) is 0 Å². The van der Waals surface area contributed by atoms with Crippen LogP contribution in [0.25, 0.3) is 0 Å². The lowest BCUT2D eigenvalue weighted by Gasteiger charge is -2.24. The third kappa shape index (κ3) is 5.18. The van der Waals surface area contributed by atoms with Gasteiger partial charge in [-0.1, -0.05) is 0 Å². The highest BCUT2D eigenvalue weighted by molar-refractivity contribution is 14.1. The van der Waals surface area contributed by atoms with Gasteiger partial charge in [0.25, 0.3) is 0 Å². The largest absolute Gasteiger partial charge is 0.248 e. The minimum Gasteiger partial charge on any atom is -0.248 e. The van der Waals surface area contributed by atoms with Crippen molar-refractivity contribution in [2.24, 2.45) is 0 Å². The van der Waals surface area contributed by atoms with Crippen molar-refractivity contribution < 1.29 is 39.5 Å². The Morgan fingerprint density at radius 2 is 0.895 bits per heavy atom. The van der Waals surface area contributed by atoms with E-state index in [1.807, 2.05) is 0 Å². The van der Waals surface area contributed by atoms with Crippen LogP contribution < -0.4 is 0 Å². The molecule has 0 spiro atoms. The first-order valence-electron chi connectivity index (χ1n) is 4.97. The highest BCUT2D eigenvalue weighted by Gasteiger charge is 2.46. The van der Waals surface area contributed by atoms with Gasteiger partial charge >= 0.3 is 0 Å². The normalized spacial score (nSPS) is 24.9. The van der Waals surface area contributed by atoms with E-state index in [0.29, 0.717) is 0 Å². The number of hydrogen-bond acceptors (Lipinski definition) is 0. The molecule has 0 aliphatic rings. The van der Waals surface area contributed by atoms with Crippen LogP contribution in [-0.4, -0.2) is 54.1 Å². The summed E-state index contributed by atoms with van der Waals surface area (Å²) in [6, 6.07) is 0. The van der Waals surface area contributed by atoms with E-state index in [0.717, 1.165) is 22.6 Å². The fourth-order valence-electron chi connectivity index (χ4n) is 1.13. The predicted octanol–water partition coefficient (Wildman–Crippen LogP) is 4.05. The minimum atomic E-state index is -3.58. The number of alkyl halides is 10. The smallest absolute Gasteiger partial charge is 0.185 e. The van der Waals surface area contributed by atoms with Gasteiger partial charge in [0.15, 0.2) is 47.4 Å². The van der Waals surface area contributed by atoms with Gasteiger partial charge in [-0.2, -0.15) is 0 Å². The monoisotopic (exact) mass is 416 g/mol. The number of hydrogen-bond donors (Lipinski definition) is 0. The molecule has 0 heterocycles. The Morgan fingerprint density at radius 1 is 0.579 bits per heavy atom. The molecule has 0 saturated carbocycles. The summed E-state index contributed by atoms with van der Waals surface area (Å²) < 4.78 is 111. The van der Waals surface area contributed by atoms with Crippen molar-refractivity contribution in [1.29, 1.82) is 0 Å². The van der Waals surface area contributed by atoms with E-state index >= 15 is 0 Å². The zero-order chi connectivity index (χ0) is 15.3. The molecule has 0 N–H and O–H groups in total. The highest BCUT2D eigenvalue weighted by Crippen LogP contribution is 2.28. The quantitative estimate of drug-likeness (QED) is 0.318. The molecular formula is C9H10F9I. The molecule has 0 saturated heterocycles. The second kappa shape index (κ2) is 8.40. The summed E-state index contributed by atoms with van der Waals surface area (Å²) in [5.74, 6) is 0. The third-order valence-electron chi connectivity index (χ3n) is 2.25. The molecule has 0 aromatic heterocycles. The van der Waals surface area contributed by atoms with Crippen LogP contribution >= 0.6 is 22.6 Å². The zero-order valence-electron chi connectivity index (χ0n) is 9.11. The summed E-state index contributed by atoms with van der Waals surface area (Å²) >= 11 is 0.740. The molecule has 0 bridgehead atoms. The number of rotatable bonds is 8. The van der Waals surface area contributed by atoms with E-state index in [2.05, 4.69) is 0 Å². The lowest BCUT2D eigenvalue weighted by atomic mass is 10.00. The van der Waals surface area contributed by atoms with Crippen LogP contribution in [0.4, 0.5) is 39.5 Å². The van der Waals surface area contributed by atoms with Crippen LogP contribution in [-0.2, 0) is 0 Å². The maximum absolute atomic E-state index is 13.0. The number of halogens is 10. The first-order chi connectivity index (χ1) is 8.64. The lowest BCUT2D eigenvalue weighted by molar-refractivity contribution is -0.0408. The Bertz CT molecular complexity index is 254. The van der Waals surface area contributed by atoms with Crippen molar-refractivity contribution in [1.82, 2.24) is 0 Å². The standard InChI is InChI=1S/C9H10F9I/c10-1-2(11)3(12)4(13)5(14)6(15)7(16)8(17)9(18)19/h2-9H,1H2. The molecule has 0 aromatic rings. The second-order valence-electron chi connectivity index (χ2n) is 3.67. The van der Waals surface area contributed by atoms with E-state index in [9.17, 15) is 39.5 Å². The van der Waals surface area contributed by atoms with Gasteiger partial charge in [-0.25, -0.2) is 39.5 Å². The summed E-state index contributed by atoms with van der Waals surface area (Å²) in [7, 11) is 0. The summed E-state index contributed by atoms with van der Waals surface area (Å²) in [5.41, 5.74) is 0. The van der Waals surface area contributed by atoms with Gasteiger partial charge in [0.2, 0.25) is 0 Å². The van der Waals surface area contributed by atoms with E-state index in [1.165, 1.54) is 0 Å². The molecule has 10 heteroatoms. The van der Waals surface area contributed by atoms with Crippen molar-refractivity contribution in [3.63, 3.8) is 0 Å². The van der Waals surface area contributed by atoms with Gasteiger partial charge in [0, 0.05) is 0 Å².